The van der Waals surface area contributed by atoms with Gasteiger partial charge in [-0.15, -0.1) is 0 Å². The molecule has 9 aromatic carbocycles. The number of ketones is 2. The van der Waals surface area contributed by atoms with Crippen molar-refractivity contribution in [2.75, 3.05) is 7.11 Å². The first-order valence-electron chi connectivity index (χ1n) is 24.7. The second-order valence-electron chi connectivity index (χ2n) is 19.1. The van der Waals surface area contributed by atoms with Gasteiger partial charge >= 0.3 is 12.4 Å². The highest BCUT2D eigenvalue weighted by Crippen LogP contribution is 2.57. The summed E-state index contributed by atoms with van der Waals surface area (Å²) in [5.41, 5.74) is -4.29. The molecule has 0 unspecified atom stereocenters. The van der Waals surface area contributed by atoms with E-state index in [-0.39, 0.29) is 72.1 Å². The van der Waals surface area contributed by atoms with Gasteiger partial charge in [-0.25, -0.2) is 16.8 Å². The number of halogens is 6. The molecular weight excluding hydrogens is 1200 g/mol. The summed E-state index contributed by atoms with van der Waals surface area (Å²) in [6.07, 6.45) is -12.8. The van der Waals surface area contributed by atoms with Crippen LogP contribution in [0.4, 0.5) is 26.3 Å². The van der Waals surface area contributed by atoms with E-state index < -0.39 is 95.8 Å². The van der Waals surface area contributed by atoms with E-state index in [0.29, 0.717) is 28.8 Å². The highest BCUT2D eigenvalue weighted by atomic mass is 32.2. The molecule has 0 heterocycles. The zero-order valence-corrected chi connectivity index (χ0v) is 47.1. The summed E-state index contributed by atoms with van der Waals surface area (Å²) in [7, 11) is -18.5. The van der Waals surface area contributed by atoms with Gasteiger partial charge in [-0.05, 0) is 131 Å². The molecule has 85 heavy (non-hydrogen) atoms. The summed E-state index contributed by atoms with van der Waals surface area (Å²) in [6, 6.07) is 42.7. The minimum Gasteiger partial charge on any atom is -0.495 e. The Morgan fingerprint density at radius 2 is 0.729 bits per heavy atom. The number of carbonyl (C=O) groups excluding carboxylic acids is 2. The van der Waals surface area contributed by atoms with Gasteiger partial charge < -0.3 is 9.47 Å². The molecule has 9 aromatic rings. The van der Waals surface area contributed by atoms with Crippen LogP contribution in [0.5, 0.6) is 17.2 Å². The van der Waals surface area contributed by atoms with Crippen molar-refractivity contribution in [1.82, 2.24) is 0 Å². The van der Waals surface area contributed by atoms with E-state index in [0.717, 1.165) is 48.1 Å². The number of aryl methyl sites for hydroxylation is 1. The van der Waals surface area contributed by atoms with Gasteiger partial charge in [0.2, 0.25) is 25.1 Å². The van der Waals surface area contributed by atoms with Gasteiger partial charge in [0.15, 0.2) is 11.6 Å². The van der Waals surface area contributed by atoms with Crippen molar-refractivity contribution in [2.24, 2.45) is 0 Å². The monoisotopic (exact) mass is 1240 g/mol. The number of hydrogen-bond donors (Lipinski definition) is 2. The van der Waals surface area contributed by atoms with Crippen molar-refractivity contribution in [3.05, 3.63) is 245 Å². The molecule has 436 valence electrons. The fraction of sp³-hybridized carbons (Fsp3) is 0.0820. The van der Waals surface area contributed by atoms with Crippen LogP contribution in [0.3, 0.4) is 0 Å². The molecule has 0 saturated heterocycles. The normalized spacial score (nSPS) is 12.6. The third-order valence-corrected chi connectivity index (χ3v) is 19.1. The first-order chi connectivity index (χ1) is 39.8. The molecule has 0 radical (unpaired) electrons. The lowest BCUT2D eigenvalue weighted by Gasteiger charge is -2.38. The molecule has 0 bridgehead atoms. The minimum atomic E-state index is -6.41. The topological polar surface area (TPSA) is 230 Å². The van der Waals surface area contributed by atoms with E-state index in [1.165, 1.54) is 42.5 Å². The Morgan fingerprint density at radius 3 is 1.08 bits per heavy atom. The molecule has 0 atom stereocenters. The van der Waals surface area contributed by atoms with Crippen LogP contribution in [0, 0.1) is 6.92 Å². The molecule has 0 fully saturated rings. The van der Waals surface area contributed by atoms with Crippen LogP contribution in [0.25, 0.3) is 22.3 Å². The number of methoxy groups -OCH3 is 1. The first kappa shape index (κ1) is 60.8. The van der Waals surface area contributed by atoms with Crippen LogP contribution in [0.15, 0.2) is 236 Å². The highest BCUT2D eigenvalue weighted by Gasteiger charge is 2.73. The molecule has 0 aliphatic carbocycles. The van der Waals surface area contributed by atoms with E-state index in [1.54, 1.807) is 103 Å². The molecule has 0 aliphatic heterocycles. The number of ether oxygens (including phenoxy) is 2. The van der Waals surface area contributed by atoms with Crippen molar-refractivity contribution in [3.63, 3.8) is 0 Å². The predicted octanol–water partition coefficient (Wildman–Crippen LogP) is 13.2. The molecule has 0 saturated carbocycles. The van der Waals surface area contributed by atoms with Crippen LogP contribution in [0.2, 0.25) is 0 Å². The van der Waals surface area contributed by atoms with E-state index in [1.807, 2.05) is 6.92 Å². The summed E-state index contributed by atoms with van der Waals surface area (Å²) >= 11 is 0. The van der Waals surface area contributed by atoms with Crippen molar-refractivity contribution < 1.29 is 88.2 Å². The van der Waals surface area contributed by atoms with Gasteiger partial charge in [0.1, 0.15) is 27.0 Å². The molecular formula is C61H42F6O14S4. The second kappa shape index (κ2) is 22.7. The summed E-state index contributed by atoms with van der Waals surface area (Å²) in [5.74, 6) is -2.99. The number of rotatable bonds is 17. The van der Waals surface area contributed by atoms with Crippen LogP contribution in [-0.2, 0) is 45.3 Å². The van der Waals surface area contributed by atoms with Crippen LogP contribution >= 0.6 is 0 Å². The Hall–Kier alpha value is -8.78. The van der Waals surface area contributed by atoms with Gasteiger partial charge in [0, 0.05) is 22.3 Å². The zero-order valence-electron chi connectivity index (χ0n) is 43.8. The quantitative estimate of drug-likeness (QED) is 0.0491. The van der Waals surface area contributed by atoms with Gasteiger partial charge in [0.05, 0.1) is 26.7 Å². The third-order valence-electron chi connectivity index (χ3n) is 13.7. The molecule has 24 heteroatoms. The molecule has 9 rings (SSSR count). The van der Waals surface area contributed by atoms with Crippen LogP contribution < -0.4 is 9.47 Å². The van der Waals surface area contributed by atoms with Gasteiger partial charge in [-0.3, -0.25) is 18.7 Å². The smallest absolute Gasteiger partial charge is 0.411 e. The standard InChI is InChI=1S/C61H42F6O14S4/c1-37-6-24-49(25-7-37)82(70,71)50-26-16-40(17-27-50)38-8-12-42(13-9-38)57(68)44-4-3-5-45(34-44)58(69)43-14-10-39(11-15-43)41-18-28-51(29-19-41)83(72,73)52-30-22-48(23-31-52)81-54-33-21-47(36-56(54)85(77,78)79)59(60(62,63)64,61(65,66)67)46-20-32-53(80-2)55(35-46)84(74,75)76/h3-36H,1-2H3,(H,74,75,76)(H,77,78,79). The Balaban J connectivity index is 0.873. The fourth-order valence-electron chi connectivity index (χ4n) is 9.34. The second-order valence-corrected chi connectivity index (χ2v) is 25.7. The van der Waals surface area contributed by atoms with Crippen LogP contribution in [-0.4, -0.2) is 73.8 Å². The Bertz CT molecular complexity index is 4520. The maximum Gasteiger partial charge on any atom is 0.411 e. The fourth-order valence-corrected chi connectivity index (χ4v) is 13.2. The maximum absolute atomic E-state index is 15.0. The van der Waals surface area contributed by atoms with Gasteiger partial charge in [-0.2, -0.15) is 43.2 Å². The molecule has 0 aromatic heterocycles. The van der Waals surface area contributed by atoms with Crippen molar-refractivity contribution in [3.8, 4) is 39.5 Å². The number of sulfone groups is 2. The minimum absolute atomic E-state index is 0.138. The molecule has 14 nitrogen and oxygen atoms in total. The molecule has 0 aliphatic rings. The first-order valence-corrected chi connectivity index (χ1v) is 30.6. The Labute approximate surface area is 482 Å². The van der Waals surface area contributed by atoms with E-state index >= 15 is 26.3 Å². The number of alkyl halides is 6. The maximum atomic E-state index is 15.0. The molecule has 0 amide bonds. The highest BCUT2D eigenvalue weighted by molar-refractivity contribution is 7.91. The van der Waals surface area contributed by atoms with Crippen molar-refractivity contribution >= 4 is 51.5 Å². The lowest BCUT2D eigenvalue weighted by atomic mass is 9.73. The number of hydrogen-bond acceptors (Lipinski definition) is 12. The van der Waals surface area contributed by atoms with Crippen LogP contribution in [0.1, 0.15) is 48.5 Å². The van der Waals surface area contributed by atoms with E-state index in [2.05, 4.69) is 4.74 Å². The number of benzene rings is 9. The third kappa shape index (κ3) is 12.0. The van der Waals surface area contributed by atoms with E-state index in [4.69, 9.17) is 4.74 Å². The van der Waals surface area contributed by atoms with Gasteiger partial charge in [0.25, 0.3) is 20.2 Å². The summed E-state index contributed by atoms with van der Waals surface area (Å²) in [5, 5.41) is 0. The summed E-state index contributed by atoms with van der Waals surface area (Å²) in [4.78, 5) is 24.0. The Morgan fingerprint density at radius 1 is 0.400 bits per heavy atom. The zero-order chi connectivity index (χ0) is 61.7. The summed E-state index contributed by atoms with van der Waals surface area (Å²) in [6.45, 7) is 1.86. The van der Waals surface area contributed by atoms with Gasteiger partial charge in [-0.1, -0.05) is 121 Å². The average molecular weight is 1240 g/mol. The van der Waals surface area contributed by atoms with Crippen molar-refractivity contribution in [1.29, 1.82) is 0 Å². The van der Waals surface area contributed by atoms with Crippen molar-refractivity contribution in [2.45, 2.75) is 54.1 Å². The predicted molar refractivity (Wildman–Crippen MR) is 298 cm³/mol. The van der Waals surface area contributed by atoms with E-state index in [9.17, 15) is 52.4 Å². The largest absolute Gasteiger partial charge is 0.495 e. The summed E-state index contributed by atoms with van der Waals surface area (Å²) < 4.78 is 223. The average Bonchev–Trinajstić information content (AvgIpc) is 1.14. The molecule has 2 N–H and O–H groups in total. The number of carbonyl (C=O) groups is 2. The SMILES string of the molecule is COc1ccc(C(c2ccc(Oc3ccc(S(=O)(=O)c4ccc(-c5ccc(C(=O)c6cccc(C(=O)c7ccc(-c8ccc(S(=O)(=O)c9ccc(C)cc9)cc8)cc7)c6)cc5)cc4)cc3)c(S(=O)(=O)O)c2)(C(F)(F)F)C(F)(F)F)cc1S(=O)(=O)O. The lowest BCUT2D eigenvalue weighted by molar-refractivity contribution is -0.288. The Kier molecular flexibility index (Phi) is 16.2. The lowest BCUT2D eigenvalue weighted by Crippen LogP contribution is -2.54. The molecule has 0 spiro atoms.